The van der Waals surface area contributed by atoms with Gasteiger partial charge >= 0.3 is 5.97 Å². The van der Waals surface area contributed by atoms with Crippen molar-refractivity contribution in [1.29, 1.82) is 0 Å². The molecule has 3 aliphatic heterocycles. The fourth-order valence-electron chi connectivity index (χ4n) is 10.8. The number of likely N-dealkylation sites (tertiary alicyclic amines) is 2. The van der Waals surface area contributed by atoms with Crippen LogP contribution in [0, 0.1) is 0 Å². The van der Waals surface area contributed by atoms with Crippen LogP contribution >= 0.6 is 0 Å². The van der Waals surface area contributed by atoms with Crippen LogP contribution in [-0.4, -0.2) is 185 Å². The number of benzene rings is 3. The molecule has 0 aliphatic carbocycles. The van der Waals surface area contributed by atoms with Gasteiger partial charge in [0.15, 0.2) is 11.9 Å². The Morgan fingerprint density at radius 3 is 1.86 bits per heavy atom. The topological polar surface area (TPSA) is 428 Å². The smallest absolute Gasteiger partial charge is 0.326 e. The number of amides is 9. The van der Waals surface area contributed by atoms with Gasteiger partial charge in [0.2, 0.25) is 53.2 Å². The van der Waals surface area contributed by atoms with Crippen LogP contribution in [0.1, 0.15) is 87.3 Å². The van der Waals surface area contributed by atoms with E-state index in [1.54, 1.807) is 91.0 Å². The molecule has 3 aromatic rings. The zero-order chi connectivity index (χ0) is 62.1. The van der Waals surface area contributed by atoms with Gasteiger partial charge in [0.1, 0.15) is 42.3 Å². The number of nitrogens with two attached hydrogens (primary N) is 5. The number of carboxylic acids is 1. The van der Waals surface area contributed by atoms with Crippen LogP contribution in [0.15, 0.2) is 101 Å². The van der Waals surface area contributed by atoms with Crippen LogP contribution in [0.5, 0.6) is 0 Å². The van der Waals surface area contributed by atoms with E-state index in [2.05, 4.69) is 41.9 Å². The summed E-state index contributed by atoms with van der Waals surface area (Å²) in [5.74, 6) is -7.49. The summed E-state index contributed by atoms with van der Waals surface area (Å²) in [6.07, 6.45) is 1.97. The minimum Gasteiger partial charge on any atom is -0.480 e. The number of rotatable bonds is 26. The summed E-state index contributed by atoms with van der Waals surface area (Å²) in [7, 11) is 0. The van der Waals surface area contributed by atoms with Crippen molar-refractivity contribution in [3.05, 3.63) is 108 Å². The molecule has 27 heteroatoms. The predicted molar refractivity (Wildman–Crippen MR) is 318 cm³/mol. The average Bonchev–Trinajstić information content (AvgIpc) is 2.80. The van der Waals surface area contributed by atoms with Gasteiger partial charge < -0.3 is 80.4 Å². The van der Waals surface area contributed by atoms with E-state index in [0.29, 0.717) is 55.3 Å². The molecule has 0 bridgehead atoms. The van der Waals surface area contributed by atoms with E-state index in [1.165, 1.54) is 14.7 Å². The Labute approximate surface area is 499 Å². The molecular weight excluding hydrogens is 1110 g/mol. The molecule has 9 amide bonds. The molecule has 0 spiro atoms. The minimum absolute atomic E-state index is 0.0309. The zero-order valence-electron chi connectivity index (χ0n) is 48.3. The zero-order valence-corrected chi connectivity index (χ0v) is 48.3. The van der Waals surface area contributed by atoms with Gasteiger partial charge in [-0.1, -0.05) is 91.0 Å². The third-order valence-corrected chi connectivity index (χ3v) is 15.2. The molecule has 0 aromatic heterocycles. The van der Waals surface area contributed by atoms with Gasteiger partial charge in [-0.25, -0.2) is 4.79 Å². The normalized spacial score (nSPS) is 19.7. The lowest BCUT2D eigenvalue weighted by molar-refractivity contribution is -0.147. The molecular formula is C59H82N16O11. The molecule has 6 rings (SSSR count). The molecule has 3 fully saturated rings. The van der Waals surface area contributed by atoms with Crippen LogP contribution in [-0.2, 0) is 67.2 Å². The van der Waals surface area contributed by atoms with Crippen LogP contribution in [0.25, 0.3) is 0 Å². The molecule has 464 valence electrons. The third kappa shape index (κ3) is 20.3. The fourth-order valence-corrected chi connectivity index (χ4v) is 10.8. The number of aliphatic imine (C=N–C) groups is 2. The number of hydrogen-bond donors (Lipinski definition) is 12. The Morgan fingerprint density at radius 1 is 0.663 bits per heavy atom. The molecule has 8 atom stereocenters. The van der Waals surface area contributed by atoms with Crippen LogP contribution in [0.4, 0.5) is 0 Å². The maximum Gasteiger partial charge on any atom is 0.326 e. The van der Waals surface area contributed by atoms with Gasteiger partial charge in [-0.3, -0.25) is 53.1 Å². The van der Waals surface area contributed by atoms with Gasteiger partial charge in [-0.2, -0.15) is 0 Å². The highest BCUT2D eigenvalue weighted by molar-refractivity contribution is 5.98. The van der Waals surface area contributed by atoms with Gasteiger partial charge in [0, 0.05) is 65.0 Å². The molecule has 0 radical (unpaired) electrons. The van der Waals surface area contributed by atoms with Crippen molar-refractivity contribution in [3.63, 3.8) is 0 Å². The quantitative estimate of drug-likeness (QED) is 0.0230. The minimum atomic E-state index is -1.48. The molecule has 3 aliphatic rings. The molecule has 17 N–H and O–H groups in total. The van der Waals surface area contributed by atoms with Gasteiger partial charge in [-0.15, -0.1) is 0 Å². The fraction of sp³-hybridized carbons (Fsp3) is 0.492. The van der Waals surface area contributed by atoms with Gasteiger partial charge in [0.05, 0.1) is 12.6 Å². The lowest BCUT2D eigenvalue weighted by Crippen LogP contribution is -2.61. The van der Waals surface area contributed by atoms with Crippen molar-refractivity contribution in [1.82, 2.24) is 46.6 Å². The van der Waals surface area contributed by atoms with E-state index >= 15 is 4.79 Å². The number of aliphatic carboxylic acids is 1. The van der Waals surface area contributed by atoms with Crippen LogP contribution in [0.3, 0.4) is 0 Å². The van der Waals surface area contributed by atoms with Crippen molar-refractivity contribution in [3.8, 4) is 0 Å². The number of carboxylic acid groups (broad SMARTS) is 1. The maximum atomic E-state index is 15.3. The molecule has 0 unspecified atom stereocenters. The molecule has 27 nitrogen and oxygen atoms in total. The van der Waals surface area contributed by atoms with Crippen LogP contribution < -0.4 is 60.6 Å². The number of nitrogens with zero attached hydrogens (tertiary/aromatic N) is 5. The first-order valence-corrected chi connectivity index (χ1v) is 29.2. The SMILES string of the molecule is NC(N)=NCCC[C@H](NC(=O)[C@H](Cc1ccccc1)N1CCCNC(=O)CC[C@H](NC(=O)[C@H](Cc2ccccc2)NC(=O)CNC(=O)[C@@H]2CCCN2C(=O)[C@@H]2CCCN2C(=O)[C@@H](N)CCCN=C(N)N)C(=O)N[C@H](Cc2ccccc2)C1=O)C(=O)O. The van der Waals surface area contributed by atoms with E-state index in [4.69, 9.17) is 28.7 Å². The van der Waals surface area contributed by atoms with E-state index in [1.807, 2.05) is 0 Å². The molecule has 3 saturated heterocycles. The van der Waals surface area contributed by atoms with E-state index in [-0.39, 0.29) is 102 Å². The second kappa shape index (κ2) is 33.4. The van der Waals surface area contributed by atoms with Gasteiger partial charge in [0.25, 0.3) is 0 Å². The highest BCUT2D eigenvalue weighted by atomic mass is 16.4. The molecule has 3 aromatic carbocycles. The average molecular weight is 1190 g/mol. The van der Waals surface area contributed by atoms with Crippen molar-refractivity contribution in [2.45, 2.75) is 138 Å². The van der Waals surface area contributed by atoms with E-state index in [9.17, 15) is 48.3 Å². The van der Waals surface area contributed by atoms with Crippen molar-refractivity contribution in [2.24, 2.45) is 38.7 Å². The summed E-state index contributed by atoms with van der Waals surface area (Å²) in [4.78, 5) is 153. The van der Waals surface area contributed by atoms with E-state index in [0.717, 1.165) is 0 Å². The maximum absolute atomic E-state index is 15.3. The monoisotopic (exact) mass is 1190 g/mol. The number of hydrogen-bond acceptors (Lipinski definition) is 13. The lowest BCUT2D eigenvalue weighted by atomic mass is 9.99. The summed E-state index contributed by atoms with van der Waals surface area (Å²) in [6, 6.07) is 16.6. The van der Waals surface area contributed by atoms with Crippen LogP contribution in [0.2, 0.25) is 0 Å². The van der Waals surface area contributed by atoms with Crippen molar-refractivity contribution in [2.75, 3.05) is 45.8 Å². The second-order valence-electron chi connectivity index (χ2n) is 21.6. The predicted octanol–water partition coefficient (Wildman–Crippen LogP) is -2.23. The van der Waals surface area contributed by atoms with Gasteiger partial charge in [-0.05, 0) is 80.9 Å². The standard InChI is InChI=1S/C59H82N16O11/c60-40(21-10-27-66-58(61)62)54(82)74-31-13-24-46(74)56(84)73-30-12-23-45(73)52(80)68-36-49(77)69-43(33-37-15-4-1-5-16-37)51(79)70-41-25-26-48(76)65-29-14-32-75(55(83)44(72-50(41)78)34-38-17-6-2-7-18-38)47(35-39-19-8-3-9-20-39)53(81)71-42(57(85)86)22-11-28-67-59(63)64/h1-9,15-20,40-47H,10-14,21-36,60H2,(H,65,76)(H,68,80)(H,69,77)(H,70,79)(H,71,81)(H,72,78)(H,85,86)(H4,61,62,66)(H4,63,64,67)/t40-,41-,42-,43-,44+,45-,46-,47-/m0/s1. The van der Waals surface area contributed by atoms with Crippen molar-refractivity contribution >= 4 is 71.1 Å². The Bertz CT molecular complexity index is 2870. The van der Waals surface area contributed by atoms with Crippen molar-refractivity contribution < 1.29 is 53.1 Å². The highest BCUT2D eigenvalue weighted by Crippen LogP contribution is 2.26. The summed E-state index contributed by atoms with van der Waals surface area (Å²) in [5.41, 5.74) is 29.8. The summed E-state index contributed by atoms with van der Waals surface area (Å²) < 4.78 is 0. The Kier molecular flexibility index (Phi) is 25.6. The Balaban J connectivity index is 1.20. The number of carbonyl (C=O) groups is 10. The molecule has 0 saturated carbocycles. The third-order valence-electron chi connectivity index (χ3n) is 15.2. The van der Waals surface area contributed by atoms with E-state index < -0.39 is 114 Å². The number of carbonyl (C=O) groups excluding carboxylic acids is 9. The Hall–Kier alpha value is -9.14. The summed E-state index contributed by atoms with van der Waals surface area (Å²) in [5, 5.41) is 26.5. The number of nitrogens with one attached hydrogen (secondary N) is 6. The molecule has 3 heterocycles. The summed E-state index contributed by atoms with van der Waals surface area (Å²) in [6.45, 7) is 0.243. The lowest BCUT2D eigenvalue weighted by Gasteiger charge is -2.35. The first-order valence-electron chi connectivity index (χ1n) is 29.2. The second-order valence-corrected chi connectivity index (χ2v) is 21.6. The highest BCUT2D eigenvalue weighted by Gasteiger charge is 2.44. The first-order chi connectivity index (χ1) is 41.3. The summed E-state index contributed by atoms with van der Waals surface area (Å²) >= 11 is 0. The first kappa shape index (κ1) is 66.0. The Morgan fingerprint density at radius 2 is 1.24 bits per heavy atom. The largest absolute Gasteiger partial charge is 0.480 e. The molecule has 86 heavy (non-hydrogen) atoms. The number of guanidine groups is 2.